The number of hydrogen-bond donors (Lipinski definition) is 2. The van der Waals surface area contributed by atoms with Gasteiger partial charge in [0.25, 0.3) is 0 Å². The topological polar surface area (TPSA) is 62.2 Å². The maximum atomic E-state index is 11.9. The third-order valence-corrected chi connectivity index (χ3v) is 3.12. The first kappa shape index (κ1) is 14.1. The number of aromatic nitrogens is 1. The highest BCUT2D eigenvalue weighted by Crippen LogP contribution is 2.17. The summed E-state index contributed by atoms with van der Waals surface area (Å²) in [5.41, 5.74) is 1.62. The lowest BCUT2D eigenvalue weighted by molar-refractivity contribution is -0.121. The molecule has 1 atom stereocenters. The molecular formula is C16H18N2O2. The van der Waals surface area contributed by atoms with Crippen molar-refractivity contribution in [3.8, 4) is 5.75 Å². The molecular weight excluding hydrogens is 252 g/mol. The first-order chi connectivity index (χ1) is 9.66. The quantitative estimate of drug-likeness (QED) is 0.877. The van der Waals surface area contributed by atoms with Gasteiger partial charge in [-0.2, -0.15) is 0 Å². The first-order valence-electron chi connectivity index (χ1n) is 6.64. The minimum absolute atomic E-state index is 0.0496. The summed E-state index contributed by atoms with van der Waals surface area (Å²) in [6.45, 7) is 1.90. The molecule has 0 saturated carbocycles. The molecule has 0 aliphatic carbocycles. The Bertz CT molecular complexity index is 570. The second-order valence-corrected chi connectivity index (χ2v) is 4.67. The summed E-state index contributed by atoms with van der Waals surface area (Å²) in [5, 5.41) is 12.5. The molecule has 1 aromatic heterocycles. The van der Waals surface area contributed by atoms with Crippen molar-refractivity contribution in [2.24, 2.45) is 0 Å². The number of carbonyl (C=O) groups excluding carboxylic acids is 1. The van der Waals surface area contributed by atoms with E-state index in [1.165, 1.54) is 0 Å². The van der Waals surface area contributed by atoms with Crippen molar-refractivity contribution in [1.82, 2.24) is 10.3 Å². The summed E-state index contributed by atoms with van der Waals surface area (Å²) in [4.78, 5) is 16.1. The molecule has 4 heteroatoms. The van der Waals surface area contributed by atoms with Crippen LogP contribution in [0.5, 0.6) is 5.75 Å². The van der Waals surface area contributed by atoms with Crippen LogP contribution in [0.15, 0.2) is 48.7 Å². The predicted octanol–water partition coefficient (Wildman–Crippen LogP) is 2.60. The molecule has 1 heterocycles. The number of phenolic OH excluding ortho intramolecular Hbond substituents is 1. The number of nitrogens with one attached hydrogen (secondary N) is 1. The average molecular weight is 270 g/mol. The number of pyridine rings is 1. The number of carbonyl (C=O) groups is 1. The van der Waals surface area contributed by atoms with Gasteiger partial charge in [0.15, 0.2) is 0 Å². The van der Waals surface area contributed by atoms with E-state index < -0.39 is 0 Å². The highest BCUT2D eigenvalue weighted by molar-refractivity contribution is 5.76. The first-order valence-corrected chi connectivity index (χ1v) is 6.64. The number of amides is 1. The summed E-state index contributed by atoms with van der Waals surface area (Å²) >= 11 is 0. The Morgan fingerprint density at radius 2 is 2.00 bits per heavy atom. The average Bonchev–Trinajstić information content (AvgIpc) is 2.47. The Balaban J connectivity index is 1.86. The van der Waals surface area contributed by atoms with Gasteiger partial charge in [0, 0.05) is 12.6 Å². The van der Waals surface area contributed by atoms with Gasteiger partial charge < -0.3 is 10.4 Å². The monoisotopic (exact) mass is 270 g/mol. The molecule has 0 aliphatic rings. The third-order valence-electron chi connectivity index (χ3n) is 3.12. The van der Waals surface area contributed by atoms with Crippen LogP contribution in [-0.2, 0) is 11.2 Å². The lowest BCUT2D eigenvalue weighted by atomic mass is 10.1. The van der Waals surface area contributed by atoms with E-state index in [0.717, 1.165) is 11.3 Å². The second-order valence-electron chi connectivity index (χ2n) is 4.67. The van der Waals surface area contributed by atoms with Gasteiger partial charge in [-0.05, 0) is 37.1 Å². The van der Waals surface area contributed by atoms with Crippen LogP contribution in [0.4, 0.5) is 0 Å². The highest BCUT2D eigenvalue weighted by Gasteiger charge is 2.11. The smallest absolute Gasteiger partial charge is 0.220 e. The van der Waals surface area contributed by atoms with Crippen molar-refractivity contribution in [2.45, 2.75) is 25.8 Å². The number of rotatable bonds is 5. The number of benzene rings is 1. The zero-order valence-electron chi connectivity index (χ0n) is 11.4. The van der Waals surface area contributed by atoms with Gasteiger partial charge >= 0.3 is 0 Å². The maximum absolute atomic E-state index is 11.9. The van der Waals surface area contributed by atoms with E-state index in [0.29, 0.717) is 12.8 Å². The Hall–Kier alpha value is -2.36. The molecule has 1 amide bonds. The summed E-state index contributed by atoms with van der Waals surface area (Å²) in [7, 11) is 0. The number of aromatic hydroxyl groups is 1. The van der Waals surface area contributed by atoms with Crippen LogP contribution in [0.2, 0.25) is 0 Å². The molecule has 0 radical (unpaired) electrons. The molecule has 2 N–H and O–H groups in total. The largest absolute Gasteiger partial charge is 0.508 e. The summed E-state index contributed by atoms with van der Waals surface area (Å²) in [6.07, 6.45) is 2.57. The van der Waals surface area contributed by atoms with Crippen molar-refractivity contribution in [1.29, 1.82) is 0 Å². The Morgan fingerprint density at radius 1 is 1.25 bits per heavy atom. The number of aryl methyl sites for hydroxylation is 1. The van der Waals surface area contributed by atoms with Crippen LogP contribution in [0.3, 0.4) is 0 Å². The molecule has 2 aromatic rings. The number of hydrogen-bond acceptors (Lipinski definition) is 3. The number of nitrogens with zero attached hydrogens (tertiary/aromatic N) is 1. The van der Waals surface area contributed by atoms with E-state index in [2.05, 4.69) is 10.3 Å². The van der Waals surface area contributed by atoms with E-state index in [9.17, 15) is 9.90 Å². The SMILES string of the molecule is C[C@@H](NC(=O)CCc1ccccc1O)c1ccccn1. The van der Waals surface area contributed by atoms with Gasteiger partial charge in [-0.25, -0.2) is 0 Å². The standard InChI is InChI=1S/C16H18N2O2/c1-12(14-7-4-5-11-17-14)18-16(20)10-9-13-6-2-3-8-15(13)19/h2-8,11-12,19H,9-10H2,1H3,(H,18,20)/t12-/m1/s1. The fourth-order valence-electron chi connectivity index (χ4n) is 1.99. The van der Waals surface area contributed by atoms with E-state index in [-0.39, 0.29) is 17.7 Å². The highest BCUT2D eigenvalue weighted by atomic mass is 16.3. The van der Waals surface area contributed by atoms with E-state index in [1.807, 2.05) is 37.3 Å². The molecule has 0 spiro atoms. The van der Waals surface area contributed by atoms with Crippen LogP contribution in [0.1, 0.15) is 30.6 Å². The Labute approximate surface area is 118 Å². The molecule has 20 heavy (non-hydrogen) atoms. The fraction of sp³-hybridized carbons (Fsp3) is 0.250. The van der Waals surface area contributed by atoms with Crippen molar-refractivity contribution >= 4 is 5.91 Å². The van der Waals surface area contributed by atoms with Crippen LogP contribution in [0, 0.1) is 0 Å². The van der Waals surface area contributed by atoms with Crippen LogP contribution in [-0.4, -0.2) is 16.0 Å². The van der Waals surface area contributed by atoms with Gasteiger partial charge in [-0.15, -0.1) is 0 Å². The van der Waals surface area contributed by atoms with Crippen molar-refractivity contribution < 1.29 is 9.90 Å². The van der Waals surface area contributed by atoms with Gasteiger partial charge in [0.1, 0.15) is 5.75 Å². The molecule has 1 aromatic carbocycles. The molecule has 0 saturated heterocycles. The number of phenols is 1. The Kier molecular flexibility index (Phi) is 4.71. The van der Waals surface area contributed by atoms with E-state index in [1.54, 1.807) is 18.3 Å². The molecule has 4 nitrogen and oxygen atoms in total. The van der Waals surface area contributed by atoms with Gasteiger partial charge in [0.05, 0.1) is 11.7 Å². The lowest BCUT2D eigenvalue weighted by Crippen LogP contribution is -2.27. The summed E-state index contributed by atoms with van der Waals surface area (Å²) < 4.78 is 0. The van der Waals surface area contributed by atoms with Gasteiger partial charge in [0.2, 0.25) is 5.91 Å². The molecule has 2 rings (SSSR count). The minimum Gasteiger partial charge on any atom is -0.508 e. The van der Waals surface area contributed by atoms with E-state index >= 15 is 0 Å². The van der Waals surface area contributed by atoms with Crippen molar-refractivity contribution in [2.75, 3.05) is 0 Å². The summed E-state index contributed by atoms with van der Waals surface area (Å²) in [6, 6.07) is 12.6. The third kappa shape index (κ3) is 3.82. The van der Waals surface area contributed by atoms with Gasteiger partial charge in [-0.3, -0.25) is 9.78 Å². The molecule has 0 unspecified atom stereocenters. The second kappa shape index (κ2) is 6.70. The maximum Gasteiger partial charge on any atom is 0.220 e. The van der Waals surface area contributed by atoms with E-state index in [4.69, 9.17) is 0 Å². The fourth-order valence-corrected chi connectivity index (χ4v) is 1.99. The molecule has 0 aliphatic heterocycles. The lowest BCUT2D eigenvalue weighted by Gasteiger charge is -2.13. The van der Waals surface area contributed by atoms with Crippen molar-refractivity contribution in [3.63, 3.8) is 0 Å². The zero-order chi connectivity index (χ0) is 14.4. The van der Waals surface area contributed by atoms with Gasteiger partial charge in [-0.1, -0.05) is 24.3 Å². The summed E-state index contributed by atoms with van der Waals surface area (Å²) in [5.74, 6) is 0.185. The van der Waals surface area contributed by atoms with Crippen LogP contribution >= 0.6 is 0 Å². The van der Waals surface area contributed by atoms with Crippen LogP contribution < -0.4 is 5.32 Å². The predicted molar refractivity (Wildman–Crippen MR) is 77.2 cm³/mol. The zero-order valence-corrected chi connectivity index (χ0v) is 11.4. The minimum atomic E-state index is -0.118. The van der Waals surface area contributed by atoms with Crippen LogP contribution in [0.25, 0.3) is 0 Å². The Morgan fingerprint density at radius 3 is 2.70 bits per heavy atom. The van der Waals surface area contributed by atoms with Crippen molar-refractivity contribution in [3.05, 3.63) is 59.9 Å². The number of para-hydroxylation sites is 1. The normalized spacial score (nSPS) is 11.8. The molecule has 104 valence electrons. The molecule has 0 bridgehead atoms. The molecule has 0 fully saturated rings.